The van der Waals surface area contributed by atoms with Gasteiger partial charge in [-0.1, -0.05) is 31.5 Å². The van der Waals surface area contributed by atoms with E-state index in [1.165, 1.54) is 0 Å². The van der Waals surface area contributed by atoms with E-state index in [1.54, 1.807) is 4.31 Å². The minimum Gasteiger partial charge on any atom is -0.340 e. The molecule has 0 N–H and O–H groups in total. The molecule has 0 spiro atoms. The molecule has 3 rings (SSSR count). The van der Waals surface area contributed by atoms with Crippen LogP contribution in [0.1, 0.15) is 43.4 Å². The minimum absolute atomic E-state index is 0.0617. The molecular weight excluding hydrogens is 398 g/mol. The number of carbonyl (C=O) groups excluding carboxylic acids is 1. The third kappa shape index (κ3) is 5.06. The van der Waals surface area contributed by atoms with Crippen molar-refractivity contribution in [3.63, 3.8) is 0 Å². The van der Waals surface area contributed by atoms with E-state index < -0.39 is 10.0 Å². The summed E-state index contributed by atoms with van der Waals surface area (Å²) < 4.78 is 28.1. The van der Waals surface area contributed by atoms with E-state index in [1.807, 2.05) is 37.8 Å². The molecular formula is C23H37N3O3S. The highest BCUT2D eigenvalue weighted by Crippen LogP contribution is 2.29. The first-order valence-corrected chi connectivity index (χ1v) is 12.6. The molecule has 1 amide bonds. The minimum atomic E-state index is -3.53. The van der Waals surface area contributed by atoms with Crippen LogP contribution >= 0.6 is 0 Å². The normalized spacial score (nSPS) is 20.1. The zero-order chi connectivity index (χ0) is 22.1. The molecule has 0 aromatic heterocycles. The van der Waals surface area contributed by atoms with Gasteiger partial charge in [0.05, 0.1) is 4.90 Å². The molecule has 0 unspecified atom stereocenters. The van der Waals surface area contributed by atoms with Crippen LogP contribution in [0.5, 0.6) is 0 Å². The molecule has 30 heavy (non-hydrogen) atoms. The first-order valence-electron chi connectivity index (χ1n) is 11.2. The standard InChI is InChI=1S/C23H37N3O3S/c1-17(2)16-24-10-12-25(13-11-24)23(27)21-6-8-26(9-7-21)30(28,29)22-19(4)14-18(3)15-20(22)5/h14-15,17,21H,6-13,16H2,1-5H3. The largest absolute Gasteiger partial charge is 0.340 e. The van der Waals surface area contributed by atoms with Crippen LogP contribution in [0.2, 0.25) is 0 Å². The molecule has 0 radical (unpaired) electrons. The molecule has 6 nitrogen and oxygen atoms in total. The van der Waals surface area contributed by atoms with Crippen molar-refractivity contribution in [1.29, 1.82) is 0 Å². The smallest absolute Gasteiger partial charge is 0.243 e. The molecule has 168 valence electrons. The van der Waals surface area contributed by atoms with Crippen LogP contribution in [-0.4, -0.2) is 74.2 Å². The number of piperazine rings is 1. The van der Waals surface area contributed by atoms with Crippen LogP contribution in [-0.2, 0) is 14.8 Å². The Morgan fingerprint density at radius 3 is 2.00 bits per heavy atom. The number of amides is 1. The number of carbonyl (C=O) groups is 1. The van der Waals surface area contributed by atoms with Crippen LogP contribution < -0.4 is 0 Å². The number of rotatable bonds is 5. The fraction of sp³-hybridized carbons (Fsp3) is 0.696. The second-order valence-corrected chi connectivity index (χ2v) is 11.3. The van der Waals surface area contributed by atoms with E-state index in [0.717, 1.165) is 49.4 Å². The van der Waals surface area contributed by atoms with Crippen LogP contribution in [0.3, 0.4) is 0 Å². The van der Waals surface area contributed by atoms with Crippen molar-refractivity contribution in [2.75, 3.05) is 45.8 Å². The molecule has 2 fully saturated rings. The lowest BCUT2D eigenvalue weighted by molar-refractivity contribution is -0.138. The summed E-state index contributed by atoms with van der Waals surface area (Å²) in [5.74, 6) is 0.784. The zero-order valence-corrected chi connectivity index (χ0v) is 20.0. The molecule has 2 saturated heterocycles. The van der Waals surface area contributed by atoms with Gasteiger partial charge in [-0.25, -0.2) is 8.42 Å². The van der Waals surface area contributed by atoms with Crippen LogP contribution in [0, 0.1) is 32.6 Å². The van der Waals surface area contributed by atoms with E-state index >= 15 is 0 Å². The summed E-state index contributed by atoms with van der Waals surface area (Å²) in [5, 5.41) is 0. The Balaban J connectivity index is 1.59. The fourth-order valence-electron chi connectivity index (χ4n) is 4.97. The molecule has 0 aliphatic carbocycles. The molecule has 0 atom stereocenters. The number of nitrogens with zero attached hydrogens (tertiary/aromatic N) is 3. The van der Waals surface area contributed by atoms with Crippen molar-refractivity contribution in [3.8, 4) is 0 Å². The summed E-state index contributed by atoms with van der Waals surface area (Å²) >= 11 is 0. The number of hydrogen-bond acceptors (Lipinski definition) is 4. The maximum absolute atomic E-state index is 13.3. The lowest BCUT2D eigenvalue weighted by atomic mass is 9.96. The summed E-state index contributed by atoms with van der Waals surface area (Å²) in [5.41, 5.74) is 2.66. The Bertz CT molecular complexity index is 843. The maximum Gasteiger partial charge on any atom is 0.243 e. The third-order valence-corrected chi connectivity index (χ3v) is 8.52. The summed E-state index contributed by atoms with van der Waals surface area (Å²) in [4.78, 5) is 17.8. The molecule has 1 aromatic rings. The summed E-state index contributed by atoms with van der Waals surface area (Å²) in [6, 6.07) is 3.85. The van der Waals surface area contributed by atoms with Crippen molar-refractivity contribution in [2.24, 2.45) is 11.8 Å². The van der Waals surface area contributed by atoms with Gasteiger partial charge < -0.3 is 4.90 Å². The summed E-state index contributed by atoms with van der Waals surface area (Å²) in [6.45, 7) is 15.5. The van der Waals surface area contributed by atoms with Crippen molar-refractivity contribution in [2.45, 2.75) is 52.4 Å². The summed E-state index contributed by atoms with van der Waals surface area (Å²) in [7, 11) is -3.53. The Hall–Kier alpha value is -1.44. The van der Waals surface area contributed by atoms with E-state index in [9.17, 15) is 13.2 Å². The average Bonchev–Trinajstić information content (AvgIpc) is 2.66. The Morgan fingerprint density at radius 2 is 1.50 bits per heavy atom. The number of piperidine rings is 1. The van der Waals surface area contributed by atoms with Gasteiger partial charge >= 0.3 is 0 Å². The van der Waals surface area contributed by atoms with E-state index in [0.29, 0.717) is 36.7 Å². The Morgan fingerprint density at radius 1 is 0.967 bits per heavy atom. The number of hydrogen-bond donors (Lipinski definition) is 0. The van der Waals surface area contributed by atoms with Gasteiger partial charge in [-0.2, -0.15) is 4.31 Å². The highest BCUT2D eigenvalue weighted by atomic mass is 32.2. The first-order chi connectivity index (χ1) is 14.1. The maximum atomic E-state index is 13.3. The topological polar surface area (TPSA) is 60.9 Å². The van der Waals surface area contributed by atoms with Gasteiger partial charge in [-0.05, 0) is 50.7 Å². The van der Waals surface area contributed by atoms with Gasteiger partial charge in [-0.15, -0.1) is 0 Å². The predicted molar refractivity (Wildman–Crippen MR) is 120 cm³/mol. The summed E-state index contributed by atoms with van der Waals surface area (Å²) in [6.07, 6.45) is 1.21. The van der Waals surface area contributed by atoms with E-state index in [-0.39, 0.29) is 11.8 Å². The molecule has 2 aliphatic heterocycles. The van der Waals surface area contributed by atoms with Crippen molar-refractivity contribution in [3.05, 3.63) is 28.8 Å². The zero-order valence-electron chi connectivity index (χ0n) is 19.1. The van der Waals surface area contributed by atoms with Gasteiger partial charge in [0.15, 0.2) is 0 Å². The Kier molecular flexibility index (Phi) is 7.25. The monoisotopic (exact) mass is 435 g/mol. The highest BCUT2D eigenvalue weighted by molar-refractivity contribution is 7.89. The van der Waals surface area contributed by atoms with E-state index in [2.05, 4.69) is 18.7 Å². The molecule has 2 heterocycles. The Labute approximate surface area is 182 Å². The first kappa shape index (κ1) is 23.2. The van der Waals surface area contributed by atoms with Crippen LogP contribution in [0.25, 0.3) is 0 Å². The highest BCUT2D eigenvalue weighted by Gasteiger charge is 2.35. The predicted octanol–water partition coefficient (Wildman–Crippen LogP) is 2.81. The number of aryl methyl sites for hydroxylation is 3. The van der Waals surface area contributed by atoms with Gasteiger partial charge in [0.2, 0.25) is 15.9 Å². The lowest BCUT2D eigenvalue weighted by Gasteiger charge is -2.39. The van der Waals surface area contributed by atoms with Gasteiger partial charge in [0.1, 0.15) is 0 Å². The second kappa shape index (κ2) is 9.37. The fourth-order valence-corrected chi connectivity index (χ4v) is 6.85. The lowest BCUT2D eigenvalue weighted by Crippen LogP contribution is -2.52. The van der Waals surface area contributed by atoms with Crippen molar-refractivity contribution in [1.82, 2.24) is 14.1 Å². The van der Waals surface area contributed by atoms with Gasteiger partial charge in [0, 0.05) is 51.7 Å². The van der Waals surface area contributed by atoms with Gasteiger partial charge in [0.25, 0.3) is 0 Å². The average molecular weight is 436 g/mol. The number of sulfonamides is 1. The molecule has 0 bridgehead atoms. The van der Waals surface area contributed by atoms with Crippen LogP contribution in [0.15, 0.2) is 17.0 Å². The SMILES string of the molecule is Cc1cc(C)c(S(=O)(=O)N2CCC(C(=O)N3CCN(CC(C)C)CC3)CC2)c(C)c1. The molecule has 2 aliphatic rings. The second-order valence-electron chi connectivity index (χ2n) is 9.43. The molecule has 7 heteroatoms. The molecule has 1 aromatic carbocycles. The van der Waals surface area contributed by atoms with Crippen molar-refractivity contribution < 1.29 is 13.2 Å². The number of benzene rings is 1. The van der Waals surface area contributed by atoms with Gasteiger partial charge in [-0.3, -0.25) is 9.69 Å². The van der Waals surface area contributed by atoms with E-state index in [4.69, 9.17) is 0 Å². The van der Waals surface area contributed by atoms with Crippen LogP contribution in [0.4, 0.5) is 0 Å². The molecule has 0 saturated carbocycles. The third-order valence-electron chi connectivity index (χ3n) is 6.31. The van der Waals surface area contributed by atoms with Crippen molar-refractivity contribution >= 4 is 15.9 Å². The quantitative estimate of drug-likeness (QED) is 0.714.